The van der Waals surface area contributed by atoms with E-state index in [1.165, 1.54) is 11.1 Å². The molecule has 0 spiro atoms. The van der Waals surface area contributed by atoms with Gasteiger partial charge in [-0.1, -0.05) is 44.9 Å². The Balaban J connectivity index is 1.78. The summed E-state index contributed by atoms with van der Waals surface area (Å²) in [5.74, 6) is 1.09. The average molecular weight is 357 g/mol. The molecule has 0 radical (unpaired) electrons. The quantitative estimate of drug-likeness (QED) is 0.746. The van der Waals surface area contributed by atoms with Crippen molar-refractivity contribution in [3.05, 3.63) is 23.3 Å². The molecule has 4 aliphatic rings. The van der Waals surface area contributed by atoms with E-state index in [9.17, 15) is 14.7 Å². The lowest BCUT2D eigenvalue weighted by Gasteiger charge is -2.54. The van der Waals surface area contributed by atoms with Crippen LogP contribution < -0.4 is 0 Å². The number of rotatable bonds is 2. The largest absolute Gasteiger partial charge is 0.381 e. The van der Waals surface area contributed by atoms with Crippen molar-refractivity contribution < 1.29 is 14.7 Å². The molecule has 0 heterocycles. The second-order valence-electron chi connectivity index (χ2n) is 9.68. The highest BCUT2D eigenvalue weighted by Crippen LogP contribution is 2.67. The maximum atomic E-state index is 12.8. The first-order chi connectivity index (χ1) is 12.2. The Labute approximate surface area is 156 Å². The number of Topliss-reactive ketones (excluding diaryl/α,β-unsaturated/α-hetero) is 1. The standard InChI is InChI=1S/C23H32O3/c1-5-20(25)23(26)14(2)12-19-17-7-6-15-13-16(24)8-10-21(15,3)18(17)9-11-22(19,23)4/h9,13-14,17,19,26H,5-8,10-12H2,1-4H3/t14-,17?,19?,21-,22-,23-/m0/s1. The number of hydrogen-bond donors (Lipinski definition) is 1. The third-order valence-electron chi connectivity index (χ3n) is 8.66. The van der Waals surface area contributed by atoms with Gasteiger partial charge in [-0.3, -0.25) is 9.59 Å². The van der Waals surface area contributed by atoms with Gasteiger partial charge in [-0.15, -0.1) is 0 Å². The number of allylic oxidation sites excluding steroid dienone is 4. The number of aliphatic hydroxyl groups is 1. The summed E-state index contributed by atoms with van der Waals surface area (Å²) in [6.07, 6.45) is 9.92. The van der Waals surface area contributed by atoms with Gasteiger partial charge < -0.3 is 5.11 Å². The summed E-state index contributed by atoms with van der Waals surface area (Å²) >= 11 is 0. The summed E-state index contributed by atoms with van der Waals surface area (Å²) in [5, 5.41) is 11.6. The second kappa shape index (κ2) is 5.64. The van der Waals surface area contributed by atoms with Gasteiger partial charge in [-0.25, -0.2) is 0 Å². The van der Waals surface area contributed by atoms with Gasteiger partial charge in [-0.2, -0.15) is 0 Å². The lowest BCUT2D eigenvalue weighted by molar-refractivity contribution is -0.158. The van der Waals surface area contributed by atoms with Crippen molar-refractivity contribution in [3.8, 4) is 0 Å². The highest BCUT2D eigenvalue weighted by Gasteiger charge is 2.66. The van der Waals surface area contributed by atoms with Crippen LogP contribution in [0.4, 0.5) is 0 Å². The Kier molecular flexibility index (Phi) is 3.94. The van der Waals surface area contributed by atoms with Crippen LogP contribution >= 0.6 is 0 Å². The van der Waals surface area contributed by atoms with Gasteiger partial charge in [0.1, 0.15) is 5.60 Å². The first-order valence-corrected chi connectivity index (χ1v) is 10.4. The van der Waals surface area contributed by atoms with E-state index >= 15 is 0 Å². The summed E-state index contributed by atoms with van der Waals surface area (Å²) < 4.78 is 0. The molecule has 3 heteroatoms. The number of ketones is 2. The Hall–Kier alpha value is -1.22. The van der Waals surface area contributed by atoms with E-state index in [1.807, 2.05) is 13.0 Å². The number of fused-ring (bicyclic) bond motifs is 5. The first-order valence-electron chi connectivity index (χ1n) is 10.4. The molecule has 2 fully saturated rings. The summed E-state index contributed by atoms with van der Waals surface area (Å²) in [6.45, 7) is 8.39. The van der Waals surface area contributed by atoms with Gasteiger partial charge in [0.2, 0.25) is 0 Å². The summed E-state index contributed by atoms with van der Waals surface area (Å²) in [4.78, 5) is 24.7. The Bertz CT molecular complexity index is 732. The predicted molar refractivity (Wildman–Crippen MR) is 101 cm³/mol. The zero-order valence-corrected chi connectivity index (χ0v) is 16.6. The van der Waals surface area contributed by atoms with Crippen LogP contribution in [0, 0.1) is 28.6 Å². The van der Waals surface area contributed by atoms with Gasteiger partial charge >= 0.3 is 0 Å². The van der Waals surface area contributed by atoms with Crippen LogP contribution in [0.5, 0.6) is 0 Å². The van der Waals surface area contributed by atoms with Crippen LogP contribution in [-0.4, -0.2) is 22.3 Å². The van der Waals surface area contributed by atoms with Crippen LogP contribution in [0.25, 0.3) is 0 Å². The molecule has 142 valence electrons. The van der Waals surface area contributed by atoms with E-state index in [0.29, 0.717) is 24.7 Å². The molecular weight excluding hydrogens is 324 g/mol. The van der Waals surface area contributed by atoms with Crippen LogP contribution in [0.3, 0.4) is 0 Å². The van der Waals surface area contributed by atoms with Crippen molar-refractivity contribution in [1.29, 1.82) is 0 Å². The minimum Gasteiger partial charge on any atom is -0.381 e. The molecule has 3 nitrogen and oxygen atoms in total. The van der Waals surface area contributed by atoms with E-state index in [2.05, 4.69) is 26.8 Å². The van der Waals surface area contributed by atoms with Gasteiger partial charge in [0.25, 0.3) is 0 Å². The minimum absolute atomic E-state index is 0.00961. The maximum Gasteiger partial charge on any atom is 0.164 e. The Morgan fingerprint density at radius 3 is 2.73 bits per heavy atom. The molecule has 2 unspecified atom stereocenters. The van der Waals surface area contributed by atoms with E-state index in [4.69, 9.17) is 0 Å². The zero-order chi connectivity index (χ0) is 18.9. The second-order valence-corrected chi connectivity index (χ2v) is 9.68. The molecule has 0 amide bonds. The lowest BCUT2D eigenvalue weighted by Crippen LogP contribution is -2.56. The molecule has 0 aliphatic heterocycles. The van der Waals surface area contributed by atoms with E-state index < -0.39 is 5.60 Å². The molecule has 0 bridgehead atoms. The molecule has 1 N–H and O–H groups in total. The summed E-state index contributed by atoms with van der Waals surface area (Å²) in [5.41, 5.74) is 1.25. The Morgan fingerprint density at radius 2 is 2.04 bits per heavy atom. The molecule has 4 aliphatic carbocycles. The number of carbonyl (C=O) groups is 2. The number of hydrogen-bond acceptors (Lipinski definition) is 3. The molecular formula is C23H32O3. The molecule has 4 rings (SSSR count). The maximum absolute atomic E-state index is 12.8. The molecule has 0 aromatic carbocycles. The SMILES string of the molecule is CCC(=O)[C@@]1(O)[C@@H](C)CC2C3CCC4=CC(=O)CC[C@]4(C)C3=CC[C@@]21C. The highest BCUT2D eigenvalue weighted by molar-refractivity contribution is 5.92. The van der Waals surface area contributed by atoms with Crippen LogP contribution in [0.2, 0.25) is 0 Å². The van der Waals surface area contributed by atoms with Crippen molar-refractivity contribution in [2.75, 3.05) is 0 Å². The van der Waals surface area contributed by atoms with Crippen molar-refractivity contribution in [3.63, 3.8) is 0 Å². The van der Waals surface area contributed by atoms with Crippen molar-refractivity contribution in [2.45, 2.75) is 78.2 Å². The van der Waals surface area contributed by atoms with E-state index in [0.717, 1.165) is 32.1 Å². The third kappa shape index (κ3) is 2.04. The molecule has 0 aromatic heterocycles. The molecule has 6 atom stereocenters. The van der Waals surface area contributed by atoms with Crippen molar-refractivity contribution in [2.24, 2.45) is 28.6 Å². The molecule has 0 aromatic rings. The zero-order valence-electron chi connectivity index (χ0n) is 16.6. The van der Waals surface area contributed by atoms with Gasteiger partial charge in [0, 0.05) is 23.7 Å². The smallest absolute Gasteiger partial charge is 0.164 e. The third-order valence-corrected chi connectivity index (χ3v) is 8.66. The van der Waals surface area contributed by atoms with Crippen LogP contribution in [0.1, 0.15) is 72.6 Å². The van der Waals surface area contributed by atoms with E-state index in [1.54, 1.807) is 0 Å². The van der Waals surface area contributed by atoms with Gasteiger partial charge in [0.15, 0.2) is 11.6 Å². The fraction of sp³-hybridized carbons (Fsp3) is 0.739. The van der Waals surface area contributed by atoms with E-state index in [-0.39, 0.29) is 28.3 Å². The number of carbonyl (C=O) groups excluding carboxylic acids is 2. The van der Waals surface area contributed by atoms with Crippen LogP contribution in [0.15, 0.2) is 23.3 Å². The monoisotopic (exact) mass is 356 g/mol. The fourth-order valence-corrected chi connectivity index (χ4v) is 7.06. The topological polar surface area (TPSA) is 54.4 Å². The van der Waals surface area contributed by atoms with Gasteiger partial charge in [-0.05, 0) is 55.9 Å². The fourth-order valence-electron chi connectivity index (χ4n) is 7.06. The minimum atomic E-state index is -1.20. The average Bonchev–Trinajstić information content (AvgIpc) is 2.83. The van der Waals surface area contributed by atoms with Crippen LogP contribution in [-0.2, 0) is 9.59 Å². The summed E-state index contributed by atoms with van der Waals surface area (Å²) in [7, 11) is 0. The normalized spacial score (nSPS) is 47.4. The van der Waals surface area contributed by atoms with Gasteiger partial charge in [0.05, 0.1) is 0 Å². The van der Waals surface area contributed by atoms with Crippen molar-refractivity contribution in [1.82, 2.24) is 0 Å². The predicted octanol–water partition coefficient (Wildman–Crippen LogP) is 4.39. The summed E-state index contributed by atoms with van der Waals surface area (Å²) in [6, 6.07) is 0. The lowest BCUT2D eigenvalue weighted by atomic mass is 9.50. The Morgan fingerprint density at radius 1 is 1.31 bits per heavy atom. The van der Waals surface area contributed by atoms with Crippen molar-refractivity contribution >= 4 is 11.6 Å². The first kappa shape index (κ1) is 18.2. The molecule has 2 saturated carbocycles. The molecule has 26 heavy (non-hydrogen) atoms. The highest BCUT2D eigenvalue weighted by atomic mass is 16.3. The molecule has 0 saturated heterocycles.